The molecule has 3 rings (SSSR count). The summed E-state index contributed by atoms with van der Waals surface area (Å²) in [5.41, 5.74) is 3.86. The van der Waals surface area contributed by atoms with Gasteiger partial charge in [-0.1, -0.05) is 60.4 Å². The maximum absolute atomic E-state index is 11.6. The van der Waals surface area contributed by atoms with Crippen LogP contribution in [-0.2, 0) is 11.3 Å². The highest BCUT2D eigenvalue weighted by molar-refractivity contribution is 5.67. The molecule has 3 aromatic rings. The zero-order chi connectivity index (χ0) is 18.7. The Hall–Kier alpha value is -3.71. The van der Waals surface area contributed by atoms with E-state index in [4.69, 9.17) is 4.74 Å². The van der Waals surface area contributed by atoms with Crippen LogP contribution in [-0.4, -0.2) is 12.6 Å². The average Bonchev–Trinajstić information content (AvgIpc) is 2.72. The van der Waals surface area contributed by atoms with Crippen molar-refractivity contribution < 1.29 is 9.53 Å². The lowest BCUT2D eigenvalue weighted by Crippen LogP contribution is -2.24. The molecule has 0 aliphatic heterocycles. The summed E-state index contributed by atoms with van der Waals surface area (Å²) in [5.74, 6) is 5.93. The van der Waals surface area contributed by atoms with Gasteiger partial charge in [0.2, 0.25) is 0 Å². The number of carbonyl (C=O) groups excluding carboxylic acids is 1. The molecule has 0 saturated heterocycles. The third-order valence-corrected chi connectivity index (χ3v) is 3.71. The summed E-state index contributed by atoms with van der Waals surface area (Å²) >= 11 is 0. The Balaban J connectivity index is 1.42. The molecule has 0 fully saturated rings. The average molecular weight is 356 g/mol. The summed E-state index contributed by atoms with van der Waals surface area (Å²) in [7, 11) is 0. The van der Waals surface area contributed by atoms with Crippen molar-refractivity contribution in [2.24, 2.45) is 0 Å². The molecule has 0 aromatic heterocycles. The third kappa shape index (κ3) is 6.26. The Morgan fingerprint density at radius 1 is 0.815 bits per heavy atom. The van der Waals surface area contributed by atoms with Crippen LogP contribution in [0.1, 0.15) is 11.1 Å². The van der Waals surface area contributed by atoms with Crippen LogP contribution in [0.2, 0.25) is 0 Å². The minimum atomic E-state index is -0.476. The quantitative estimate of drug-likeness (QED) is 0.651. The van der Waals surface area contributed by atoms with Gasteiger partial charge in [-0.25, -0.2) is 4.79 Å². The van der Waals surface area contributed by atoms with E-state index >= 15 is 0 Å². The molecule has 0 bridgehead atoms. The lowest BCUT2D eigenvalue weighted by molar-refractivity contribution is 0.141. The molecule has 134 valence electrons. The highest BCUT2D eigenvalue weighted by Crippen LogP contribution is 2.16. The van der Waals surface area contributed by atoms with E-state index in [1.54, 1.807) is 0 Å². The fraction of sp³-hybridized carbons (Fsp3) is 0.0870. The molecule has 0 aliphatic carbocycles. The summed E-state index contributed by atoms with van der Waals surface area (Å²) in [6.45, 7) is 0.480. The normalized spacial score (nSPS) is 9.63. The summed E-state index contributed by atoms with van der Waals surface area (Å²) < 4.78 is 5.13. The molecule has 4 nitrogen and oxygen atoms in total. The molecule has 0 unspecified atom stereocenters. The Morgan fingerprint density at radius 2 is 1.44 bits per heavy atom. The molecule has 0 atom stereocenters. The van der Waals surface area contributed by atoms with Gasteiger partial charge < -0.3 is 15.4 Å². The smallest absolute Gasteiger partial charge is 0.408 e. The van der Waals surface area contributed by atoms with E-state index in [9.17, 15) is 4.79 Å². The van der Waals surface area contributed by atoms with Gasteiger partial charge >= 0.3 is 6.09 Å². The monoisotopic (exact) mass is 356 g/mol. The molecule has 27 heavy (non-hydrogen) atoms. The molecular weight excluding hydrogens is 336 g/mol. The summed E-state index contributed by atoms with van der Waals surface area (Å²) in [4.78, 5) is 11.6. The molecule has 0 saturated carbocycles. The van der Waals surface area contributed by atoms with Crippen molar-refractivity contribution >= 4 is 17.5 Å². The first-order valence-electron chi connectivity index (χ1n) is 8.65. The second kappa shape index (κ2) is 9.69. The van der Waals surface area contributed by atoms with Gasteiger partial charge in [-0.3, -0.25) is 0 Å². The molecule has 0 spiro atoms. The fourth-order valence-electron chi connectivity index (χ4n) is 2.36. The summed E-state index contributed by atoms with van der Waals surface area (Å²) in [6, 6.07) is 27.3. The van der Waals surface area contributed by atoms with E-state index < -0.39 is 6.09 Å². The van der Waals surface area contributed by atoms with Crippen molar-refractivity contribution in [3.8, 4) is 11.8 Å². The highest BCUT2D eigenvalue weighted by atomic mass is 16.5. The largest absolute Gasteiger partial charge is 0.445 e. The van der Waals surface area contributed by atoms with E-state index in [-0.39, 0.29) is 13.2 Å². The lowest BCUT2D eigenvalue weighted by Gasteiger charge is -2.05. The van der Waals surface area contributed by atoms with E-state index in [0.29, 0.717) is 0 Å². The van der Waals surface area contributed by atoms with Gasteiger partial charge in [0, 0.05) is 16.9 Å². The number of ether oxygens (including phenoxy) is 1. The van der Waals surface area contributed by atoms with Gasteiger partial charge in [-0.2, -0.15) is 0 Å². The number of carbonyl (C=O) groups is 1. The number of rotatable bonds is 5. The van der Waals surface area contributed by atoms with Crippen LogP contribution in [0, 0.1) is 11.8 Å². The molecule has 0 aliphatic rings. The Morgan fingerprint density at radius 3 is 2.15 bits per heavy atom. The van der Waals surface area contributed by atoms with Crippen LogP contribution in [0.3, 0.4) is 0 Å². The van der Waals surface area contributed by atoms with Crippen LogP contribution >= 0.6 is 0 Å². The standard InChI is InChI=1S/C23H20N2O2/c26-23(27-18-20-8-3-1-4-9-20)24-17-7-10-19-13-15-22(16-14-19)25-21-11-5-2-6-12-21/h1-6,8-9,11-16,25H,17-18H2,(H,24,26). The van der Waals surface area contributed by atoms with E-state index in [2.05, 4.69) is 22.5 Å². The first-order chi connectivity index (χ1) is 13.3. The van der Waals surface area contributed by atoms with E-state index in [1.807, 2.05) is 84.9 Å². The molecule has 0 radical (unpaired) electrons. The lowest BCUT2D eigenvalue weighted by atomic mass is 10.2. The van der Waals surface area contributed by atoms with Gasteiger partial charge in [0.25, 0.3) is 0 Å². The van der Waals surface area contributed by atoms with Crippen molar-refractivity contribution in [2.45, 2.75) is 6.61 Å². The molecule has 3 aromatic carbocycles. The van der Waals surface area contributed by atoms with Gasteiger partial charge in [0.05, 0.1) is 6.54 Å². The predicted molar refractivity (Wildman–Crippen MR) is 108 cm³/mol. The molecule has 2 N–H and O–H groups in total. The molecule has 4 heteroatoms. The van der Waals surface area contributed by atoms with E-state index in [0.717, 1.165) is 22.5 Å². The van der Waals surface area contributed by atoms with Gasteiger partial charge in [-0.15, -0.1) is 0 Å². The Bertz CT molecular complexity index is 911. The number of anilines is 2. The van der Waals surface area contributed by atoms with Crippen molar-refractivity contribution in [1.82, 2.24) is 5.32 Å². The van der Waals surface area contributed by atoms with Crippen LogP contribution in [0.15, 0.2) is 84.9 Å². The molecular formula is C23H20N2O2. The first-order valence-corrected chi connectivity index (χ1v) is 8.65. The number of hydrogen-bond donors (Lipinski definition) is 2. The maximum Gasteiger partial charge on any atom is 0.408 e. The second-order valence-electron chi connectivity index (χ2n) is 5.79. The van der Waals surface area contributed by atoms with Crippen LogP contribution in [0.4, 0.5) is 16.2 Å². The first kappa shape index (κ1) is 18.1. The fourth-order valence-corrected chi connectivity index (χ4v) is 2.36. The Labute approximate surface area is 159 Å². The number of alkyl carbamates (subject to hydrolysis) is 1. The van der Waals surface area contributed by atoms with Crippen molar-refractivity contribution in [1.29, 1.82) is 0 Å². The van der Waals surface area contributed by atoms with Gasteiger partial charge in [0.15, 0.2) is 0 Å². The topological polar surface area (TPSA) is 50.4 Å². The zero-order valence-electron chi connectivity index (χ0n) is 14.8. The van der Waals surface area contributed by atoms with Gasteiger partial charge in [-0.05, 0) is 42.0 Å². The van der Waals surface area contributed by atoms with E-state index in [1.165, 1.54) is 0 Å². The molecule has 0 heterocycles. The third-order valence-electron chi connectivity index (χ3n) is 3.71. The second-order valence-corrected chi connectivity index (χ2v) is 5.79. The van der Waals surface area contributed by atoms with Crippen LogP contribution in [0.5, 0.6) is 0 Å². The number of hydrogen-bond acceptors (Lipinski definition) is 3. The van der Waals surface area contributed by atoms with Crippen LogP contribution < -0.4 is 10.6 Å². The minimum Gasteiger partial charge on any atom is -0.445 e. The number of amides is 1. The summed E-state index contributed by atoms with van der Waals surface area (Å²) in [6.07, 6.45) is -0.476. The van der Waals surface area contributed by atoms with Crippen molar-refractivity contribution in [2.75, 3.05) is 11.9 Å². The zero-order valence-corrected chi connectivity index (χ0v) is 14.8. The minimum absolute atomic E-state index is 0.234. The highest BCUT2D eigenvalue weighted by Gasteiger charge is 2.00. The Kier molecular flexibility index (Phi) is 6.49. The number of nitrogens with one attached hydrogen (secondary N) is 2. The van der Waals surface area contributed by atoms with Gasteiger partial charge in [0.1, 0.15) is 6.61 Å². The predicted octanol–water partition coefficient (Wildman–Crippen LogP) is 4.71. The van der Waals surface area contributed by atoms with Crippen molar-refractivity contribution in [3.63, 3.8) is 0 Å². The van der Waals surface area contributed by atoms with Crippen molar-refractivity contribution in [3.05, 3.63) is 96.1 Å². The maximum atomic E-state index is 11.6. The number of para-hydroxylation sites is 1. The summed E-state index contributed by atoms with van der Waals surface area (Å²) in [5, 5.41) is 5.94. The van der Waals surface area contributed by atoms with Crippen LogP contribution in [0.25, 0.3) is 0 Å². The molecule has 1 amide bonds. The SMILES string of the molecule is O=C(NCC#Cc1ccc(Nc2ccccc2)cc1)OCc1ccccc1. The number of benzene rings is 3.